The number of pyridine rings is 1. The second kappa shape index (κ2) is 11.2. The number of ketones is 1. The van der Waals surface area contributed by atoms with Crippen molar-refractivity contribution in [3.05, 3.63) is 95.8 Å². The maximum Gasteiger partial charge on any atom is 0.315 e. The van der Waals surface area contributed by atoms with Crippen molar-refractivity contribution in [2.24, 2.45) is 0 Å². The van der Waals surface area contributed by atoms with Gasteiger partial charge in [0.05, 0.1) is 17.4 Å². The average molecular weight is 539 g/mol. The molecule has 3 aromatic rings. The van der Waals surface area contributed by atoms with Gasteiger partial charge in [-0.05, 0) is 49.2 Å². The van der Waals surface area contributed by atoms with Crippen LogP contribution in [0, 0.1) is 0 Å². The van der Waals surface area contributed by atoms with Crippen LogP contribution in [0.1, 0.15) is 43.0 Å². The van der Waals surface area contributed by atoms with Crippen LogP contribution in [0.15, 0.2) is 83.9 Å². The monoisotopic (exact) mass is 538 g/mol. The number of benzene rings is 2. The smallest absolute Gasteiger partial charge is 0.315 e. The highest BCUT2D eigenvalue weighted by molar-refractivity contribution is 8.02. The van der Waals surface area contributed by atoms with E-state index in [1.807, 2.05) is 48.5 Å². The first-order valence-corrected chi connectivity index (χ1v) is 14.5. The summed E-state index contributed by atoms with van der Waals surface area (Å²) >= 11 is 1.34. The third kappa shape index (κ3) is 5.63. The van der Waals surface area contributed by atoms with Gasteiger partial charge in [-0.15, -0.1) is 11.8 Å². The molecule has 0 N–H and O–H groups in total. The van der Waals surface area contributed by atoms with Crippen LogP contribution in [0.3, 0.4) is 0 Å². The fourth-order valence-corrected chi connectivity index (χ4v) is 7.64. The number of ether oxygens (including phenoxy) is 1. The molecule has 1 aromatic heterocycles. The Kier molecular flexibility index (Phi) is 8.16. The van der Waals surface area contributed by atoms with Crippen LogP contribution in [0.2, 0.25) is 0 Å². The van der Waals surface area contributed by atoms with Crippen molar-refractivity contribution in [3.8, 4) is 0 Å². The van der Waals surface area contributed by atoms with Gasteiger partial charge in [-0.2, -0.15) is 4.31 Å². The summed E-state index contributed by atoms with van der Waals surface area (Å²) in [7, 11) is -2.61. The molecule has 1 unspecified atom stereocenters. The van der Waals surface area contributed by atoms with E-state index in [0.717, 1.165) is 11.3 Å². The van der Waals surface area contributed by atoms with E-state index in [2.05, 4.69) is 4.98 Å². The molecule has 4 rings (SSSR count). The van der Waals surface area contributed by atoms with Gasteiger partial charge in [-0.1, -0.05) is 48.5 Å². The number of aromatic nitrogens is 1. The van der Waals surface area contributed by atoms with Crippen molar-refractivity contribution in [2.75, 3.05) is 19.4 Å². The summed E-state index contributed by atoms with van der Waals surface area (Å²) < 4.78 is 33.3. The Morgan fingerprint density at radius 2 is 1.73 bits per heavy atom. The average Bonchev–Trinajstić information content (AvgIpc) is 3.43. The molecule has 0 saturated carbocycles. The van der Waals surface area contributed by atoms with Crippen LogP contribution in [0.25, 0.3) is 0 Å². The largest absolute Gasteiger partial charge is 0.468 e. The zero-order valence-corrected chi connectivity index (χ0v) is 22.7. The van der Waals surface area contributed by atoms with Gasteiger partial charge in [-0.3, -0.25) is 14.6 Å². The number of methoxy groups -OCH3 is 1. The fourth-order valence-electron chi connectivity index (χ4n) is 4.47. The van der Waals surface area contributed by atoms with Crippen LogP contribution < -0.4 is 0 Å². The minimum atomic E-state index is -3.93. The summed E-state index contributed by atoms with van der Waals surface area (Å²) in [5.41, 5.74) is 1.44. The topological polar surface area (TPSA) is 93.6 Å². The van der Waals surface area contributed by atoms with Gasteiger partial charge in [0.1, 0.15) is 5.37 Å². The van der Waals surface area contributed by atoms with Gasteiger partial charge >= 0.3 is 5.97 Å². The Bertz CT molecular complexity index is 1300. The summed E-state index contributed by atoms with van der Waals surface area (Å²) in [5, 5.41) is -0.814. The number of Topliss-reactive ketones (excluding diaryl/α,β-unsaturated/α-hetero) is 1. The minimum Gasteiger partial charge on any atom is -0.468 e. The Morgan fingerprint density at radius 3 is 2.35 bits per heavy atom. The Hall–Kier alpha value is -3.01. The van der Waals surface area contributed by atoms with Crippen LogP contribution >= 0.6 is 11.8 Å². The number of carbonyl (C=O) groups is 2. The molecule has 0 bridgehead atoms. The third-order valence-corrected chi connectivity index (χ3v) is 9.92. The molecule has 1 aliphatic heterocycles. The van der Waals surface area contributed by atoms with E-state index in [1.165, 1.54) is 35.3 Å². The Balaban J connectivity index is 1.58. The second-order valence-corrected chi connectivity index (χ2v) is 12.4. The van der Waals surface area contributed by atoms with Crippen LogP contribution in [-0.2, 0) is 29.8 Å². The molecule has 2 aromatic carbocycles. The third-order valence-electron chi connectivity index (χ3n) is 6.65. The number of sulfonamides is 1. The number of thioether (sulfide) groups is 1. The number of hydrogen-bond acceptors (Lipinski definition) is 7. The maximum atomic E-state index is 13.6. The van der Waals surface area contributed by atoms with Gasteiger partial charge < -0.3 is 4.74 Å². The predicted octanol–water partition coefficient (Wildman–Crippen LogP) is 4.39. The lowest BCUT2D eigenvalue weighted by Crippen LogP contribution is -2.40. The summed E-state index contributed by atoms with van der Waals surface area (Å²) in [6.45, 7) is 3.69. The van der Waals surface area contributed by atoms with Crippen LogP contribution in [0.4, 0.5) is 0 Å². The van der Waals surface area contributed by atoms with Gasteiger partial charge in [0.15, 0.2) is 5.78 Å². The van der Waals surface area contributed by atoms with Gasteiger partial charge in [0.25, 0.3) is 0 Å². The number of carbonyl (C=O) groups excluding carboxylic acids is 2. The summed E-state index contributed by atoms with van der Waals surface area (Å²) in [5.74, 6) is -0.317. The lowest BCUT2D eigenvalue weighted by Gasteiger charge is -2.25. The molecule has 37 heavy (non-hydrogen) atoms. The molecule has 194 valence electrons. The molecule has 0 aliphatic carbocycles. The van der Waals surface area contributed by atoms with E-state index in [0.29, 0.717) is 11.3 Å². The van der Waals surface area contributed by atoms with Gasteiger partial charge in [-0.25, -0.2) is 8.42 Å². The lowest BCUT2D eigenvalue weighted by molar-refractivity contribution is -0.146. The molecule has 9 heteroatoms. The van der Waals surface area contributed by atoms with Crippen molar-refractivity contribution in [1.29, 1.82) is 0 Å². The van der Waals surface area contributed by atoms with Crippen molar-refractivity contribution in [3.63, 3.8) is 0 Å². The zero-order chi connectivity index (χ0) is 26.6. The van der Waals surface area contributed by atoms with E-state index in [9.17, 15) is 18.0 Å². The summed E-state index contributed by atoms with van der Waals surface area (Å²) in [4.78, 5) is 30.3. The Labute approximate surface area is 222 Å². The van der Waals surface area contributed by atoms with Crippen molar-refractivity contribution in [2.45, 2.75) is 41.9 Å². The number of rotatable bonds is 9. The molecule has 0 spiro atoms. The summed E-state index contributed by atoms with van der Waals surface area (Å²) in [6, 6.07) is 21.5. The standard InChI is InChI=1S/C28H30N2O5S2/c1-28(2,27(32)35-3)21-12-14-22(15-13-21)37(33,34)30-17-18-36-26(30)25(31)19-23(20-9-5-4-6-10-20)24-11-7-8-16-29-24/h4-16,23,26H,17-19H2,1-3H3/t23-,26?/m1/s1. The molecule has 2 atom stereocenters. The second-order valence-electron chi connectivity index (χ2n) is 9.37. The van der Waals surface area contributed by atoms with E-state index in [1.54, 1.807) is 32.2 Å². The lowest BCUT2D eigenvalue weighted by atomic mass is 9.85. The molecular weight excluding hydrogens is 508 g/mol. The number of hydrogen-bond donors (Lipinski definition) is 0. The van der Waals surface area contributed by atoms with Crippen molar-refractivity contribution >= 4 is 33.5 Å². The van der Waals surface area contributed by atoms with Crippen LogP contribution in [0.5, 0.6) is 0 Å². The van der Waals surface area contributed by atoms with Gasteiger partial charge in [0, 0.05) is 36.5 Å². The van der Waals surface area contributed by atoms with E-state index >= 15 is 0 Å². The highest BCUT2D eigenvalue weighted by atomic mass is 32.2. The van der Waals surface area contributed by atoms with E-state index in [-0.39, 0.29) is 29.6 Å². The fraction of sp³-hybridized carbons (Fsp3) is 0.321. The molecule has 2 heterocycles. The normalized spacial score (nSPS) is 17.3. The molecule has 1 aliphatic rings. The Morgan fingerprint density at radius 1 is 1.05 bits per heavy atom. The first-order chi connectivity index (χ1) is 17.7. The molecule has 1 fully saturated rings. The highest BCUT2D eigenvalue weighted by Crippen LogP contribution is 2.35. The minimum absolute atomic E-state index is 0.0848. The molecule has 7 nitrogen and oxygen atoms in total. The number of nitrogens with zero attached hydrogens (tertiary/aromatic N) is 2. The predicted molar refractivity (Wildman–Crippen MR) is 144 cm³/mol. The van der Waals surface area contributed by atoms with Gasteiger partial charge in [0.2, 0.25) is 10.0 Å². The van der Waals surface area contributed by atoms with E-state index in [4.69, 9.17) is 4.74 Å². The molecule has 0 radical (unpaired) electrons. The summed E-state index contributed by atoms with van der Waals surface area (Å²) in [6.07, 6.45) is 1.83. The number of esters is 1. The first-order valence-electron chi connectivity index (χ1n) is 12.0. The SMILES string of the molecule is COC(=O)C(C)(C)c1ccc(S(=O)(=O)N2CCSC2C(=O)C[C@H](c2ccccc2)c2ccccn2)cc1. The molecule has 1 saturated heterocycles. The maximum absolute atomic E-state index is 13.6. The zero-order valence-electron chi connectivity index (χ0n) is 21.0. The first kappa shape index (κ1) is 27.0. The van der Waals surface area contributed by atoms with E-state index < -0.39 is 26.8 Å². The molecule has 0 amide bonds. The highest BCUT2D eigenvalue weighted by Gasteiger charge is 2.41. The molecular formula is C28H30N2O5S2. The van der Waals surface area contributed by atoms with Crippen molar-refractivity contribution < 1.29 is 22.7 Å². The quantitative estimate of drug-likeness (QED) is 0.373. The van der Waals surface area contributed by atoms with Crippen molar-refractivity contribution in [1.82, 2.24) is 9.29 Å². The van der Waals surface area contributed by atoms with Crippen LogP contribution in [-0.4, -0.2) is 54.2 Å².